The minimum absolute atomic E-state index is 0.344. The second kappa shape index (κ2) is 9.84. The van der Waals surface area contributed by atoms with Crippen molar-refractivity contribution >= 4 is 33.8 Å². The highest BCUT2D eigenvalue weighted by Gasteiger charge is 2.22. The smallest absolute Gasteiger partial charge is 0.279 e. The van der Waals surface area contributed by atoms with Gasteiger partial charge in [0.2, 0.25) is 0 Å². The van der Waals surface area contributed by atoms with Crippen molar-refractivity contribution in [3.05, 3.63) is 71.1 Å². The molecule has 0 bridgehead atoms. The highest BCUT2D eigenvalue weighted by Crippen LogP contribution is 2.39. The molecule has 2 amide bonds. The van der Waals surface area contributed by atoms with E-state index in [0.717, 1.165) is 34.9 Å². The van der Waals surface area contributed by atoms with E-state index < -0.39 is 0 Å². The van der Waals surface area contributed by atoms with Crippen molar-refractivity contribution in [1.82, 2.24) is 10.9 Å². The molecule has 0 radical (unpaired) electrons. The third kappa shape index (κ3) is 4.92. The molecule has 4 rings (SSSR count). The number of carbonyl (C=O) groups is 2. The standard InChI is InChI=1S/C24H26N4O3S/c1-27(2)19-10-6-9-18(15-19)22(29)25-26-23(30)21-16-20(17-7-4-3-5-8-17)24(32-21)28-11-13-31-14-12-28/h3-10,15-16H,11-14H2,1-2H3,(H,25,29)(H,26,30). The van der Waals surface area contributed by atoms with Crippen LogP contribution in [0.1, 0.15) is 20.0 Å². The molecule has 32 heavy (non-hydrogen) atoms. The topological polar surface area (TPSA) is 73.9 Å². The molecule has 0 spiro atoms. The molecule has 1 saturated heterocycles. The predicted molar refractivity (Wildman–Crippen MR) is 128 cm³/mol. The van der Waals surface area contributed by atoms with Gasteiger partial charge in [-0.15, -0.1) is 11.3 Å². The van der Waals surface area contributed by atoms with E-state index in [1.165, 1.54) is 11.3 Å². The zero-order valence-corrected chi connectivity index (χ0v) is 18.9. The number of hydrogen-bond donors (Lipinski definition) is 2. The SMILES string of the molecule is CN(C)c1cccc(C(=O)NNC(=O)c2cc(-c3ccccc3)c(N3CCOCC3)s2)c1. The first-order chi connectivity index (χ1) is 15.5. The zero-order chi connectivity index (χ0) is 22.5. The molecule has 0 aliphatic carbocycles. The van der Waals surface area contributed by atoms with Crippen LogP contribution in [0.25, 0.3) is 11.1 Å². The van der Waals surface area contributed by atoms with Crippen molar-refractivity contribution in [2.75, 3.05) is 50.2 Å². The number of rotatable bonds is 5. The molecule has 0 atom stereocenters. The molecule has 1 fully saturated rings. The Morgan fingerprint density at radius 1 is 0.938 bits per heavy atom. The molecule has 2 heterocycles. The lowest BCUT2D eigenvalue weighted by Gasteiger charge is -2.28. The maximum absolute atomic E-state index is 12.9. The Morgan fingerprint density at radius 3 is 2.38 bits per heavy atom. The van der Waals surface area contributed by atoms with Gasteiger partial charge in [-0.05, 0) is 29.8 Å². The van der Waals surface area contributed by atoms with E-state index in [4.69, 9.17) is 4.74 Å². The van der Waals surface area contributed by atoms with Crippen LogP contribution in [-0.4, -0.2) is 52.2 Å². The average Bonchev–Trinajstić information content (AvgIpc) is 3.29. The normalized spacial score (nSPS) is 13.5. The van der Waals surface area contributed by atoms with E-state index in [2.05, 4.69) is 15.8 Å². The van der Waals surface area contributed by atoms with Crippen molar-refractivity contribution < 1.29 is 14.3 Å². The number of ether oxygens (including phenoxy) is 1. The number of benzene rings is 2. The molecule has 1 aliphatic heterocycles. The van der Waals surface area contributed by atoms with E-state index in [9.17, 15) is 9.59 Å². The van der Waals surface area contributed by atoms with E-state index in [0.29, 0.717) is 23.7 Å². The Morgan fingerprint density at radius 2 is 1.66 bits per heavy atom. The van der Waals surface area contributed by atoms with Gasteiger partial charge in [0, 0.05) is 44.0 Å². The number of nitrogens with one attached hydrogen (secondary N) is 2. The van der Waals surface area contributed by atoms with Gasteiger partial charge < -0.3 is 14.5 Å². The highest BCUT2D eigenvalue weighted by atomic mass is 32.1. The molecular weight excluding hydrogens is 424 g/mol. The fraction of sp³-hybridized carbons (Fsp3) is 0.250. The molecule has 8 heteroatoms. The minimum Gasteiger partial charge on any atom is -0.378 e. The number of morpholine rings is 1. The molecule has 7 nitrogen and oxygen atoms in total. The molecule has 1 aromatic heterocycles. The van der Waals surface area contributed by atoms with Crippen LogP contribution in [-0.2, 0) is 4.74 Å². The number of anilines is 2. The molecule has 1 aliphatic rings. The van der Waals surface area contributed by atoms with Gasteiger partial charge in [0.25, 0.3) is 11.8 Å². The van der Waals surface area contributed by atoms with E-state index in [1.807, 2.05) is 67.5 Å². The van der Waals surface area contributed by atoms with E-state index >= 15 is 0 Å². The number of hydrogen-bond acceptors (Lipinski definition) is 6. The maximum Gasteiger partial charge on any atom is 0.279 e. The van der Waals surface area contributed by atoms with Crippen LogP contribution in [0.5, 0.6) is 0 Å². The van der Waals surface area contributed by atoms with Crippen molar-refractivity contribution in [3.63, 3.8) is 0 Å². The van der Waals surface area contributed by atoms with Gasteiger partial charge in [0.05, 0.1) is 23.1 Å². The van der Waals surface area contributed by atoms with E-state index in [1.54, 1.807) is 12.1 Å². The van der Waals surface area contributed by atoms with Gasteiger partial charge in [-0.1, -0.05) is 36.4 Å². The molecular formula is C24H26N4O3S. The summed E-state index contributed by atoms with van der Waals surface area (Å²) in [5.74, 6) is -0.709. The number of carbonyl (C=O) groups excluding carboxylic acids is 2. The summed E-state index contributed by atoms with van der Waals surface area (Å²) in [4.78, 5) is 30.1. The monoisotopic (exact) mass is 450 g/mol. The molecule has 3 aromatic rings. The fourth-order valence-corrected chi connectivity index (χ4v) is 4.62. The number of thiophene rings is 1. The number of hydrazine groups is 1. The molecule has 2 N–H and O–H groups in total. The predicted octanol–water partition coefficient (Wildman–Crippen LogP) is 3.39. The van der Waals surface area contributed by atoms with Crippen LogP contribution >= 0.6 is 11.3 Å². The summed E-state index contributed by atoms with van der Waals surface area (Å²) in [6.07, 6.45) is 0. The number of amides is 2. The average molecular weight is 451 g/mol. The fourth-order valence-electron chi connectivity index (χ4n) is 3.49. The summed E-state index contributed by atoms with van der Waals surface area (Å²) >= 11 is 1.42. The lowest BCUT2D eigenvalue weighted by atomic mass is 10.1. The quantitative estimate of drug-likeness (QED) is 0.583. The first-order valence-corrected chi connectivity index (χ1v) is 11.2. The Balaban J connectivity index is 1.51. The van der Waals surface area contributed by atoms with Crippen LogP contribution in [0, 0.1) is 0 Å². The Labute approximate surface area is 191 Å². The lowest BCUT2D eigenvalue weighted by molar-refractivity contribution is 0.0849. The lowest BCUT2D eigenvalue weighted by Crippen LogP contribution is -2.41. The minimum atomic E-state index is -0.365. The van der Waals surface area contributed by atoms with Gasteiger partial charge in [-0.25, -0.2) is 0 Å². The van der Waals surface area contributed by atoms with Crippen molar-refractivity contribution in [2.45, 2.75) is 0 Å². The van der Waals surface area contributed by atoms with Crippen LogP contribution in [0.15, 0.2) is 60.7 Å². The Hall–Kier alpha value is -3.36. The summed E-state index contributed by atoms with van der Waals surface area (Å²) in [5, 5.41) is 1.04. The second-order valence-electron chi connectivity index (χ2n) is 7.65. The summed E-state index contributed by atoms with van der Waals surface area (Å²) < 4.78 is 5.48. The van der Waals surface area contributed by atoms with Crippen molar-refractivity contribution in [2.24, 2.45) is 0 Å². The van der Waals surface area contributed by atoms with Gasteiger partial charge >= 0.3 is 0 Å². The third-order valence-corrected chi connectivity index (χ3v) is 6.43. The molecule has 0 unspecified atom stereocenters. The summed E-state index contributed by atoms with van der Waals surface area (Å²) in [6.45, 7) is 2.88. The van der Waals surface area contributed by atoms with Gasteiger partial charge in [-0.3, -0.25) is 20.4 Å². The molecule has 166 valence electrons. The Bertz CT molecular complexity index is 1090. The van der Waals surface area contributed by atoms with Crippen molar-refractivity contribution in [3.8, 4) is 11.1 Å². The van der Waals surface area contributed by atoms with E-state index in [-0.39, 0.29) is 11.8 Å². The summed E-state index contributed by atoms with van der Waals surface area (Å²) in [5.41, 5.74) is 8.52. The highest BCUT2D eigenvalue weighted by molar-refractivity contribution is 7.18. The number of nitrogens with zero attached hydrogens (tertiary/aromatic N) is 2. The van der Waals surface area contributed by atoms with Crippen molar-refractivity contribution in [1.29, 1.82) is 0 Å². The molecule has 0 saturated carbocycles. The van der Waals surface area contributed by atoms with Gasteiger partial charge in [-0.2, -0.15) is 0 Å². The van der Waals surface area contributed by atoms with Gasteiger partial charge in [0.1, 0.15) is 0 Å². The second-order valence-corrected chi connectivity index (χ2v) is 8.68. The van der Waals surface area contributed by atoms with Crippen LogP contribution < -0.4 is 20.7 Å². The summed E-state index contributed by atoms with van der Waals surface area (Å²) in [6, 6.07) is 19.1. The largest absolute Gasteiger partial charge is 0.378 e. The maximum atomic E-state index is 12.9. The van der Waals surface area contributed by atoms with Crippen LogP contribution in [0.4, 0.5) is 10.7 Å². The zero-order valence-electron chi connectivity index (χ0n) is 18.1. The van der Waals surface area contributed by atoms with Crippen LogP contribution in [0.3, 0.4) is 0 Å². The first-order valence-electron chi connectivity index (χ1n) is 10.4. The molecule has 2 aromatic carbocycles. The summed E-state index contributed by atoms with van der Waals surface area (Å²) in [7, 11) is 3.82. The third-order valence-electron chi connectivity index (χ3n) is 5.23. The Kier molecular flexibility index (Phi) is 6.72. The first kappa shape index (κ1) is 21.9. The van der Waals surface area contributed by atoms with Crippen LogP contribution in [0.2, 0.25) is 0 Å². The van der Waals surface area contributed by atoms with Gasteiger partial charge in [0.15, 0.2) is 0 Å².